The number of ether oxygens (including phenoxy) is 1. The van der Waals surface area contributed by atoms with Crippen LogP contribution in [0.4, 0.5) is 0 Å². The zero-order chi connectivity index (χ0) is 9.68. The Hall–Kier alpha value is -0.490. The van der Waals surface area contributed by atoms with Crippen molar-refractivity contribution in [1.29, 1.82) is 0 Å². The molecule has 1 atom stereocenters. The quantitative estimate of drug-likeness (QED) is 0.736. The lowest BCUT2D eigenvalue weighted by molar-refractivity contribution is 0.163. The van der Waals surface area contributed by atoms with E-state index in [1.165, 1.54) is 11.3 Å². The van der Waals surface area contributed by atoms with Gasteiger partial charge in [-0.3, -0.25) is 0 Å². The van der Waals surface area contributed by atoms with Crippen LogP contribution in [0.3, 0.4) is 0 Å². The Morgan fingerprint density at radius 2 is 2.54 bits per heavy atom. The number of aliphatic hydroxyl groups is 1. The monoisotopic (exact) mass is 202 g/mol. The van der Waals surface area contributed by atoms with E-state index in [-0.39, 0.29) is 0 Å². The van der Waals surface area contributed by atoms with Gasteiger partial charge in [0.15, 0.2) is 0 Å². The molecule has 1 aromatic rings. The van der Waals surface area contributed by atoms with E-state index in [0.29, 0.717) is 25.3 Å². The minimum Gasteiger partial charge on any atom is -0.387 e. The van der Waals surface area contributed by atoms with E-state index in [1.54, 1.807) is 7.11 Å². The molecular weight excluding hydrogens is 188 g/mol. The van der Waals surface area contributed by atoms with Crippen molar-refractivity contribution in [2.24, 2.45) is 5.73 Å². The Morgan fingerprint density at radius 1 is 1.77 bits per heavy atom. The summed E-state index contributed by atoms with van der Waals surface area (Å²) >= 11 is 1.49. The molecule has 0 spiro atoms. The first kappa shape index (κ1) is 10.6. The van der Waals surface area contributed by atoms with Crippen LogP contribution in [0.25, 0.3) is 0 Å². The second-order valence-corrected chi connectivity index (χ2v) is 3.63. The molecule has 0 aliphatic heterocycles. The molecule has 0 unspecified atom stereocenters. The molecule has 1 aromatic heterocycles. The highest BCUT2D eigenvalue weighted by Gasteiger charge is 2.10. The fraction of sp³-hybridized carbons (Fsp3) is 0.625. The van der Waals surface area contributed by atoms with Gasteiger partial charge in [-0.2, -0.15) is 0 Å². The molecule has 0 aliphatic rings. The first-order valence-corrected chi connectivity index (χ1v) is 4.97. The van der Waals surface area contributed by atoms with Crippen LogP contribution >= 0.6 is 11.3 Å². The zero-order valence-corrected chi connectivity index (χ0v) is 8.38. The molecule has 74 valence electrons. The van der Waals surface area contributed by atoms with Crippen LogP contribution in [0, 0.1) is 0 Å². The van der Waals surface area contributed by atoms with Crippen molar-refractivity contribution in [2.75, 3.05) is 13.7 Å². The third-order valence-corrected chi connectivity index (χ3v) is 2.46. The molecule has 0 saturated heterocycles. The maximum absolute atomic E-state index is 9.53. The molecule has 1 rings (SSSR count). The number of aromatic nitrogens is 1. The van der Waals surface area contributed by atoms with Gasteiger partial charge in [-0.25, -0.2) is 4.98 Å². The normalized spacial score (nSPS) is 13.2. The summed E-state index contributed by atoms with van der Waals surface area (Å²) in [5, 5.41) is 12.3. The molecule has 4 nitrogen and oxygen atoms in total. The molecule has 0 aliphatic carbocycles. The van der Waals surface area contributed by atoms with Gasteiger partial charge >= 0.3 is 0 Å². The lowest BCUT2D eigenvalue weighted by atomic mass is 10.2. The lowest BCUT2D eigenvalue weighted by Gasteiger charge is -2.04. The molecule has 5 heteroatoms. The van der Waals surface area contributed by atoms with E-state index >= 15 is 0 Å². The number of aliphatic hydroxyl groups excluding tert-OH is 1. The van der Waals surface area contributed by atoms with Crippen LogP contribution in [0.2, 0.25) is 0 Å². The van der Waals surface area contributed by atoms with E-state index < -0.39 is 6.10 Å². The van der Waals surface area contributed by atoms with Gasteiger partial charge in [0, 0.05) is 12.5 Å². The Labute approximate surface area is 81.4 Å². The van der Waals surface area contributed by atoms with Gasteiger partial charge in [-0.15, -0.1) is 11.3 Å². The van der Waals surface area contributed by atoms with Crippen LogP contribution < -0.4 is 5.73 Å². The number of hydrogen-bond acceptors (Lipinski definition) is 5. The summed E-state index contributed by atoms with van der Waals surface area (Å²) in [4.78, 5) is 4.21. The van der Waals surface area contributed by atoms with Gasteiger partial charge in [0.05, 0.1) is 18.4 Å². The average Bonchev–Trinajstić information content (AvgIpc) is 2.54. The number of thiazole rings is 1. The Bertz CT molecular complexity index is 252. The fourth-order valence-electron chi connectivity index (χ4n) is 0.974. The average molecular weight is 202 g/mol. The van der Waals surface area contributed by atoms with Gasteiger partial charge < -0.3 is 15.6 Å². The smallest absolute Gasteiger partial charge is 0.119 e. The van der Waals surface area contributed by atoms with Crippen molar-refractivity contribution in [3.05, 3.63) is 16.1 Å². The molecule has 0 amide bonds. The summed E-state index contributed by atoms with van der Waals surface area (Å²) in [5.41, 5.74) is 6.02. The largest absolute Gasteiger partial charge is 0.387 e. The van der Waals surface area contributed by atoms with Crippen molar-refractivity contribution in [2.45, 2.75) is 19.1 Å². The number of nitrogens with zero attached hydrogens (tertiary/aromatic N) is 1. The van der Waals surface area contributed by atoms with E-state index in [9.17, 15) is 5.11 Å². The number of nitrogens with two attached hydrogens (primary N) is 1. The molecular formula is C8H14N2O2S. The SMILES string of the molecule is COCc1nc([C@H](O)CCN)cs1. The molecule has 0 fully saturated rings. The van der Waals surface area contributed by atoms with Crippen molar-refractivity contribution in [3.8, 4) is 0 Å². The van der Waals surface area contributed by atoms with E-state index in [2.05, 4.69) is 4.98 Å². The molecule has 0 saturated carbocycles. The topological polar surface area (TPSA) is 68.4 Å². The summed E-state index contributed by atoms with van der Waals surface area (Å²) in [6.45, 7) is 0.971. The molecule has 3 N–H and O–H groups in total. The van der Waals surface area contributed by atoms with Crippen LogP contribution in [0.5, 0.6) is 0 Å². The third kappa shape index (κ3) is 3.04. The first-order valence-electron chi connectivity index (χ1n) is 4.09. The molecule has 0 aromatic carbocycles. The molecule has 1 heterocycles. The van der Waals surface area contributed by atoms with Gasteiger partial charge in [-0.05, 0) is 13.0 Å². The number of hydrogen-bond donors (Lipinski definition) is 2. The van der Waals surface area contributed by atoms with Crippen LogP contribution in [-0.4, -0.2) is 23.7 Å². The second-order valence-electron chi connectivity index (χ2n) is 2.69. The van der Waals surface area contributed by atoms with Crippen molar-refractivity contribution in [3.63, 3.8) is 0 Å². The molecule has 13 heavy (non-hydrogen) atoms. The van der Waals surface area contributed by atoms with Crippen LogP contribution in [-0.2, 0) is 11.3 Å². The number of rotatable bonds is 5. The van der Waals surface area contributed by atoms with Gasteiger partial charge in [0.25, 0.3) is 0 Å². The summed E-state index contributed by atoms with van der Waals surface area (Å²) in [6.07, 6.45) is 0.0164. The predicted octanol–water partition coefficient (Wildman–Crippen LogP) is 0.672. The summed E-state index contributed by atoms with van der Waals surface area (Å²) in [5.74, 6) is 0. The van der Waals surface area contributed by atoms with Crippen molar-refractivity contribution in [1.82, 2.24) is 4.98 Å². The highest BCUT2D eigenvalue weighted by atomic mass is 32.1. The summed E-state index contributed by atoms with van der Waals surface area (Å²) in [6, 6.07) is 0. The maximum Gasteiger partial charge on any atom is 0.119 e. The zero-order valence-electron chi connectivity index (χ0n) is 7.56. The highest BCUT2D eigenvalue weighted by Crippen LogP contribution is 2.19. The molecule has 0 bridgehead atoms. The maximum atomic E-state index is 9.53. The Morgan fingerprint density at radius 3 is 3.15 bits per heavy atom. The standard InChI is InChI=1S/C8H14N2O2S/c1-12-4-8-10-6(5-13-8)7(11)2-3-9/h5,7,11H,2-4,9H2,1H3/t7-/m1/s1. The highest BCUT2D eigenvalue weighted by molar-refractivity contribution is 7.09. The van der Waals surface area contributed by atoms with Crippen molar-refractivity contribution < 1.29 is 9.84 Å². The third-order valence-electron chi connectivity index (χ3n) is 1.62. The van der Waals surface area contributed by atoms with Gasteiger partial charge in [0.1, 0.15) is 5.01 Å². The minimum absolute atomic E-state index is 0.471. The summed E-state index contributed by atoms with van der Waals surface area (Å²) < 4.78 is 4.92. The summed E-state index contributed by atoms with van der Waals surface area (Å²) in [7, 11) is 1.62. The van der Waals surface area contributed by atoms with Crippen LogP contribution in [0.15, 0.2) is 5.38 Å². The minimum atomic E-state index is -0.535. The first-order chi connectivity index (χ1) is 6.27. The van der Waals surface area contributed by atoms with Crippen LogP contribution in [0.1, 0.15) is 23.2 Å². The lowest BCUT2D eigenvalue weighted by Crippen LogP contribution is -2.07. The predicted molar refractivity (Wildman–Crippen MR) is 51.5 cm³/mol. The molecule has 0 radical (unpaired) electrons. The Kier molecular flexibility index (Phi) is 4.31. The number of methoxy groups -OCH3 is 1. The van der Waals surface area contributed by atoms with E-state index in [0.717, 1.165) is 5.01 Å². The second kappa shape index (κ2) is 5.29. The Balaban J connectivity index is 2.56. The van der Waals surface area contributed by atoms with Gasteiger partial charge in [-0.1, -0.05) is 0 Å². The fourth-order valence-corrected chi connectivity index (χ4v) is 1.78. The van der Waals surface area contributed by atoms with E-state index in [1.807, 2.05) is 5.38 Å². The van der Waals surface area contributed by atoms with Crippen molar-refractivity contribution >= 4 is 11.3 Å². The van der Waals surface area contributed by atoms with E-state index in [4.69, 9.17) is 10.5 Å². The van der Waals surface area contributed by atoms with Gasteiger partial charge in [0.2, 0.25) is 0 Å².